The van der Waals surface area contributed by atoms with E-state index in [1.165, 1.54) is 0 Å². The summed E-state index contributed by atoms with van der Waals surface area (Å²) in [6.07, 6.45) is -6.52. The van der Waals surface area contributed by atoms with Crippen LogP contribution in [0.5, 0.6) is 0 Å². The Bertz CT molecular complexity index is 240. The summed E-state index contributed by atoms with van der Waals surface area (Å²) in [4.78, 5) is 0. The molecule has 0 aliphatic carbocycles. The van der Waals surface area contributed by atoms with Crippen LogP contribution in [0.4, 0.5) is 34.5 Å². The molecule has 0 spiro atoms. The van der Waals surface area contributed by atoms with Crippen molar-refractivity contribution < 1.29 is 49.9 Å². The summed E-state index contributed by atoms with van der Waals surface area (Å²) >= 11 is 0. The topological polar surface area (TPSA) is 86.7 Å². The molecule has 5 N–H and O–H groups in total. The van der Waals surface area contributed by atoms with E-state index in [0.29, 0.717) is 0 Å². The second-order valence-electron chi connectivity index (χ2n) is 3.41. The molecule has 0 fully saturated rings. The molecule has 0 unspecified atom stereocenters. The van der Waals surface area contributed by atoms with E-state index in [1.54, 1.807) is 0 Å². The van der Waals surface area contributed by atoms with E-state index < -0.39 is 45.4 Å². The first kappa shape index (κ1) is 21.0. The summed E-state index contributed by atoms with van der Waals surface area (Å²) in [7, 11) is -7.98. The van der Waals surface area contributed by atoms with Crippen LogP contribution in [0, 0.1) is 0 Å². The first-order valence-corrected chi connectivity index (χ1v) is 5.94. The summed E-state index contributed by atoms with van der Waals surface area (Å²) in [5, 5.41) is 25.0. The summed E-state index contributed by atoms with van der Waals surface area (Å²) in [5.74, 6) is 0. The quantitative estimate of drug-likeness (QED) is 0.461. The molecule has 0 aromatic heterocycles. The minimum Gasteiger partial charge on any atom is -0.394 e. The number of halogens is 8. The molecule has 0 saturated carbocycles. The Morgan fingerprint density at radius 2 is 1.05 bits per heavy atom. The van der Waals surface area contributed by atoms with Gasteiger partial charge in [-0.15, -0.1) is 0 Å². The Kier molecular flexibility index (Phi) is 7.67. The van der Waals surface area contributed by atoms with Crippen molar-refractivity contribution in [3.8, 4) is 0 Å². The molecule has 0 amide bonds. The SMILES string of the molecule is FC(F)(F)C(F)(F)[PH](F)(F)F.NC(CO)(CO)CO. The van der Waals surface area contributed by atoms with Crippen LogP contribution in [0.3, 0.4) is 0 Å². The molecule has 4 nitrogen and oxygen atoms in total. The predicted molar refractivity (Wildman–Crippen MR) is 50.8 cm³/mol. The molecule has 0 aromatic carbocycles. The second-order valence-corrected chi connectivity index (χ2v) is 5.03. The first-order chi connectivity index (χ1) is 8.18. The van der Waals surface area contributed by atoms with Crippen molar-refractivity contribution in [2.45, 2.75) is 17.4 Å². The third kappa shape index (κ3) is 6.13. The van der Waals surface area contributed by atoms with Gasteiger partial charge >= 0.3 is 54.6 Å². The van der Waals surface area contributed by atoms with Crippen molar-refractivity contribution in [2.75, 3.05) is 19.8 Å². The van der Waals surface area contributed by atoms with Crippen LogP contribution < -0.4 is 5.73 Å². The number of nitrogens with two attached hydrogens (primary N) is 1. The van der Waals surface area contributed by atoms with Crippen molar-refractivity contribution in [1.82, 2.24) is 0 Å². The summed E-state index contributed by atoms with van der Waals surface area (Å²) in [5.41, 5.74) is -2.55. The minimum absolute atomic E-state index is 0.403. The van der Waals surface area contributed by atoms with E-state index in [-0.39, 0.29) is 0 Å². The summed E-state index contributed by atoms with van der Waals surface area (Å²) < 4.78 is 88.2. The zero-order valence-corrected chi connectivity index (χ0v) is 10.1. The fraction of sp³-hybridized carbons (Fsp3) is 1.00. The minimum atomic E-state index is -7.98. The molecule has 19 heavy (non-hydrogen) atoms. The fourth-order valence-corrected chi connectivity index (χ4v) is 0.632. The molecule has 13 heteroatoms. The Morgan fingerprint density at radius 3 is 1.05 bits per heavy atom. The number of hydrogen-bond acceptors (Lipinski definition) is 4. The third-order valence-electron chi connectivity index (χ3n) is 1.66. The molecule has 120 valence electrons. The molecule has 0 saturated heterocycles. The van der Waals surface area contributed by atoms with Crippen LogP contribution in [-0.4, -0.2) is 52.5 Å². The van der Waals surface area contributed by atoms with Crippen molar-refractivity contribution in [3.05, 3.63) is 0 Å². The molecule has 0 aromatic rings. The monoisotopic (exact) mass is 329 g/mol. The zero-order valence-electron chi connectivity index (χ0n) is 9.06. The second kappa shape index (κ2) is 6.93. The molecule has 0 radical (unpaired) electrons. The average Bonchev–Trinajstić information content (AvgIpc) is 2.26. The van der Waals surface area contributed by atoms with Crippen molar-refractivity contribution in [1.29, 1.82) is 0 Å². The molecule has 0 atom stereocenters. The van der Waals surface area contributed by atoms with E-state index in [2.05, 4.69) is 0 Å². The van der Waals surface area contributed by atoms with Gasteiger partial charge in [-0.25, -0.2) is 0 Å². The van der Waals surface area contributed by atoms with Gasteiger partial charge in [0.2, 0.25) is 0 Å². The van der Waals surface area contributed by atoms with Gasteiger partial charge in [0.25, 0.3) is 0 Å². The molecular weight excluding hydrogens is 317 g/mol. The Labute approximate surface area is 102 Å². The van der Waals surface area contributed by atoms with Crippen LogP contribution in [0.15, 0.2) is 0 Å². The van der Waals surface area contributed by atoms with Gasteiger partial charge in [-0.1, -0.05) is 0 Å². The van der Waals surface area contributed by atoms with Gasteiger partial charge in [0.15, 0.2) is 0 Å². The van der Waals surface area contributed by atoms with Crippen LogP contribution >= 0.6 is 8.19 Å². The van der Waals surface area contributed by atoms with Crippen LogP contribution in [0.1, 0.15) is 0 Å². The van der Waals surface area contributed by atoms with Crippen LogP contribution in [-0.2, 0) is 0 Å². The summed E-state index contributed by atoms with van der Waals surface area (Å²) in [6, 6.07) is 0. The van der Waals surface area contributed by atoms with Crippen molar-refractivity contribution in [2.24, 2.45) is 5.73 Å². The zero-order chi connectivity index (χ0) is 16.1. The number of aliphatic hydroxyl groups excluding tert-OH is 3. The Hall–Kier alpha value is -0.290. The standard InChI is InChI=1S/C4H11NO3.C2HF8P/c5-4(1-6,2-7)3-8;3-1(4,5)2(6,7)11(8,9)10/h6-8H,1-3,5H2;11H. The van der Waals surface area contributed by atoms with Crippen LogP contribution in [0.25, 0.3) is 0 Å². The first-order valence-electron chi connectivity index (χ1n) is 4.31. The van der Waals surface area contributed by atoms with E-state index in [4.69, 9.17) is 21.1 Å². The number of alkyl halides is 5. The van der Waals surface area contributed by atoms with Gasteiger partial charge in [0.1, 0.15) is 0 Å². The van der Waals surface area contributed by atoms with E-state index >= 15 is 0 Å². The average molecular weight is 329 g/mol. The maximum atomic E-state index is 11.2. The maximum Gasteiger partial charge on any atom is 0.0856 e. The van der Waals surface area contributed by atoms with Gasteiger partial charge in [-0.3, -0.25) is 0 Å². The molecule has 0 aliphatic rings. The smallest absolute Gasteiger partial charge is 0.0856 e. The number of rotatable bonds is 4. The fourth-order valence-electron chi connectivity index (χ4n) is 0.311. The predicted octanol–water partition coefficient (Wildman–Crippen LogP) is 1.21. The van der Waals surface area contributed by atoms with Gasteiger partial charge in [0.05, 0.1) is 25.4 Å². The van der Waals surface area contributed by atoms with E-state index in [1.807, 2.05) is 0 Å². The molecular formula is C6H12F8NO3P. The summed E-state index contributed by atoms with van der Waals surface area (Å²) in [6.45, 7) is -1.21. The largest absolute Gasteiger partial charge is 0.394 e. The molecule has 0 aliphatic heterocycles. The van der Waals surface area contributed by atoms with Gasteiger partial charge < -0.3 is 21.1 Å². The normalized spacial score (nSPS) is 14.7. The molecule has 0 bridgehead atoms. The van der Waals surface area contributed by atoms with E-state index in [0.717, 1.165) is 0 Å². The number of hydrogen-bond donors (Lipinski definition) is 4. The Morgan fingerprint density at radius 1 is 0.789 bits per heavy atom. The van der Waals surface area contributed by atoms with E-state index in [9.17, 15) is 34.5 Å². The molecule has 0 heterocycles. The van der Waals surface area contributed by atoms with Crippen LogP contribution in [0.2, 0.25) is 0 Å². The number of aliphatic hydroxyl groups is 3. The maximum absolute atomic E-state index is 11.2. The Balaban J connectivity index is 0. The van der Waals surface area contributed by atoms with Gasteiger partial charge in [-0.2, -0.15) is 0 Å². The van der Waals surface area contributed by atoms with Crippen molar-refractivity contribution in [3.63, 3.8) is 0 Å². The van der Waals surface area contributed by atoms with Gasteiger partial charge in [0, 0.05) is 0 Å². The third-order valence-corrected chi connectivity index (χ3v) is 2.65. The van der Waals surface area contributed by atoms with Gasteiger partial charge in [-0.05, 0) is 0 Å². The van der Waals surface area contributed by atoms with Crippen molar-refractivity contribution >= 4 is 8.19 Å². The molecule has 0 rings (SSSR count).